The van der Waals surface area contributed by atoms with Gasteiger partial charge in [0.05, 0.1) is 11.7 Å². The highest BCUT2D eigenvalue weighted by Crippen LogP contribution is 2.18. The van der Waals surface area contributed by atoms with E-state index in [1.807, 2.05) is 43.5 Å². The molecule has 0 saturated carbocycles. The van der Waals surface area contributed by atoms with E-state index < -0.39 is 0 Å². The third-order valence-electron chi connectivity index (χ3n) is 3.58. The normalized spacial score (nSPS) is 10.9. The van der Waals surface area contributed by atoms with E-state index in [0.717, 1.165) is 47.5 Å². The summed E-state index contributed by atoms with van der Waals surface area (Å²) in [5.74, 6) is 0.899. The van der Waals surface area contributed by atoms with Gasteiger partial charge in [0.25, 0.3) is 0 Å². The van der Waals surface area contributed by atoms with E-state index in [1.165, 1.54) is 5.56 Å². The molecule has 3 rings (SSSR count). The number of aromatic amines is 1. The second-order valence-corrected chi connectivity index (χ2v) is 5.20. The number of nitrogens with zero attached hydrogens (tertiary/aromatic N) is 2. The molecule has 1 aromatic carbocycles. The summed E-state index contributed by atoms with van der Waals surface area (Å²) in [4.78, 5) is 4.58. The molecule has 0 spiro atoms. The van der Waals surface area contributed by atoms with Gasteiger partial charge in [0, 0.05) is 23.3 Å². The number of rotatable bonds is 5. The van der Waals surface area contributed by atoms with Crippen molar-refractivity contribution >= 4 is 22.4 Å². The number of nitrogens with two attached hydrogens (primary N) is 1. The Morgan fingerprint density at radius 3 is 2.95 bits per heavy atom. The van der Waals surface area contributed by atoms with Crippen molar-refractivity contribution in [2.75, 3.05) is 17.6 Å². The number of aromatic nitrogens is 3. The van der Waals surface area contributed by atoms with Crippen molar-refractivity contribution in [2.45, 2.75) is 19.8 Å². The van der Waals surface area contributed by atoms with Crippen molar-refractivity contribution in [1.82, 2.24) is 15.2 Å². The second kappa shape index (κ2) is 5.83. The first-order valence-electron chi connectivity index (χ1n) is 7.11. The largest absolute Gasteiger partial charge is 0.399 e. The molecule has 0 aliphatic carbocycles. The Morgan fingerprint density at radius 2 is 2.14 bits per heavy atom. The summed E-state index contributed by atoms with van der Waals surface area (Å²) in [6, 6.07) is 9.80. The van der Waals surface area contributed by atoms with Gasteiger partial charge in [-0.05, 0) is 55.7 Å². The minimum atomic E-state index is 0.764. The minimum Gasteiger partial charge on any atom is -0.399 e. The molecule has 0 aliphatic heterocycles. The highest BCUT2D eigenvalue weighted by Gasteiger charge is 2.01. The monoisotopic (exact) mass is 281 g/mol. The van der Waals surface area contributed by atoms with Crippen LogP contribution in [0.4, 0.5) is 11.5 Å². The number of anilines is 2. The lowest BCUT2D eigenvalue weighted by Gasteiger charge is -2.07. The summed E-state index contributed by atoms with van der Waals surface area (Å²) in [5, 5.41) is 11.4. The van der Waals surface area contributed by atoms with Crippen molar-refractivity contribution < 1.29 is 0 Å². The van der Waals surface area contributed by atoms with Crippen molar-refractivity contribution in [2.24, 2.45) is 0 Å². The Kier molecular flexibility index (Phi) is 3.73. The average molecular weight is 281 g/mol. The molecule has 0 atom stereocenters. The zero-order valence-corrected chi connectivity index (χ0v) is 12.1. The van der Waals surface area contributed by atoms with E-state index in [9.17, 15) is 0 Å². The van der Waals surface area contributed by atoms with E-state index >= 15 is 0 Å². The summed E-state index contributed by atoms with van der Waals surface area (Å²) in [7, 11) is 0. The lowest BCUT2D eigenvalue weighted by molar-refractivity contribution is 0.854. The predicted molar refractivity (Wildman–Crippen MR) is 86.3 cm³/mol. The van der Waals surface area contributed by atoms with Crippen molar-refractivity contribution in [3.63, 3.8) is 0 Å². The lowest BCUT2D eigenvalue weighted by Crippen LogP contribution is -2.04. The van der Waals surface area contributed by atoms with Gasteiger partial charge in [0.15, 0.2) is 0 Å². The van der Waals surface area contributed by atoms with Gasteiger partial charge in [-0.2, -0.15) is 5.10 Å². The number of benzene rings is 1. The van der Waals surface area contributed by atoms with Crippen LogP contribution in [0.1, 0.15) is 17.7 Å². The second-order valence-electron chi connectivity index (χ2n) is 5.20. The Bertz CT molecular complexity index is 747. The van der Waals surface area contributed by atoms with Crippen LogP contribution in [0.15, 0.2) is 36.5 Å². The molecule has 0 saturated heterocycles. The lowest BCUT2D eigenvalue weighted by atomic mass is 10.1. The molecule has 2 aromatic heterocycles. The fraction of sp³-hybridized carbons (Fsp3) is 0.250. The number of fused-ring (bicyclic) bond motifs is 1. The van der Waals surface area contributed by atoms with Crippen LogP contribution in [0, 0.1) is 6.92 Å². The third-order valence-corrected chi connectivity index (χ3v) is 3.58. The molecule has 0 bridgehead atoms. The van der Waals surface area contributed by atoms with Crippen molar-refractivity contribution in [1.29, 1.82) is 0 Å². The van der Waals surface area contributed by atoms with Crippen LogP contribution >= 0.6 is 0 Å². The molecule has 5 nitrogen and oxygen atoms in total. The Labute approximate surface area is 123 Å². The van der Waals surface area contributed by atoms with Gasteiger partial charge in [-0.3, -0.25) is 5.10 Å². The smallest absolute Gasteiger partial charge is 0.126 e. The summed E-state index contributed by atoms with van der Waals surface area (Å²) in [6.07, 6.45) is 3.95. The molecule has 2 heterocycles. The minimum absolute atomic E-state index is 0.764. The van der Waals surface area contributed by atoms with E-state index in [4.69, 9.17) is 5.73 Å². The molecule has 0 aliphatic rings. The number of hydrogen-bond acceptors (Lipinski definition) is 4. The molecule has 21 heavy (non-hydrogen) atoms. The topological polar surface area (TPSA) is 79.6 Å². The molecule has 108 valence electrons. The summed E-state index contributed by atoms with van der Waals surface area (Å²) in [6.45, 7) is 2.93. The molecular weight excluding hydrogens is 262 g/mol. The molecule has 5 heteroatoms. The van der Waals surface area contributed by atoms with Crippen LogP contribution in [0.5, 0.6) is 0 Å². The first-order chi connectivity index (χ1) is 10.2. The SMILES string of the molecule is Cc1[nH]ncc1CCCNc1ccc2cc(N)ccc2n1. The van der Waals surface area contributed by atoms with Gasteiger partial charge in [-0.25, -0.2) is 4.98 Å². The van der Waals surface area contributed by atoms with Crippen LogP contribution in [0.3, 0.4) is 0 Å². The zero-order valence-electron chi connectivity index (χ0n) is 12.1. The Balaban J connectivity index is 1.58. The number of nitrogen functional groups attached to an aromatic ring is 1. The number of pyridine rings is 1. The molecule has 0 amide bonds. The Morgan fingerprint density at radius 1 is 1.24 bits per heavy atom. The van der Waals surface area contributed by atoms with Gasteiger partial charge in [0.2, 0.25) is 0 Å². The Hall–Kier alpha value is -2.56. The highest BCUT2D eigenvalue weighted by atomic mass is 15.1. The summed E-state index contributed by atoms with van der Waals surface area (Å²) in [5.41, 5.74) is 9.92. The molecule has 4 N–H and O–H groups in total. The summed E-state index contributed by atoms with van der Waals surface area (Å²) >= 11 is 0. The first kappa shape index (κ1) is 13.4. The molecule has 3 aromatic rings. The zero-order chi connectivity index (χ0) is 14.7. The number of H-pyrrole nitrogens is 1. The van der Waals surface area contributed by atoms with Crippen LogP contribution in [0.2, 0.25) is 0 Å². The van der Waals surface area contributed by atoms with Gasteiger partial charge < -0.3 is 11.1 Å². The predicted octanol–water partition coefficient (Wildman–Crippen LogP) is 2.89. The molecular formula is C16H19N5. The van der Waals surface area contributed by atoms with Crippen LogP contribution in [-0.4, -0.2) is 21.7 Å². The summed E-state index contributed by atoms with van der Waals surface area (Å²) < 4.78 is 0. The van der Waals surface area contributed by atoms with Crippen LogP contribution in [-0.2, 0) is 6.42 Å². The van der Waals surface area contributed by atoms with E-state index in [1.54, 1.807) is 0 Å². The van der Waals surface area contributed by atoms with Gasteiger partial charge in [0.1, 0.15) is 5.82 Å². The quantitative estimate of drug-likeness (QED) is 0.496. The van der Waals surface area contributed by atoms with Crippen molar-refractivity contribution in [3.05, 3.63) is 47.8 Å². The van der Waals surface area contributed by atoms with Crippen molar-refractivity contribution in [3.8, 4) is 0 Å². The van der Waals surface area contributed by atoms with E-state index in [0.29, 0.717) is 0 Å². The fourth-order valence-corrected chi connectivity index (χ4v) is 2.37. The number of aryl methyl sites for hydroxylation is 2. The highest BCUT2D eigenvalue weighted by molar-refractivity contribution is 5.83. The maximum atomic E-state index is 5.77. The van der Waals surface area contributed by atoms with Gasteiger partial charge >= 0.3 is 0 Å². The van der Waals surface area contributed by atoms with Gasteiger partial charge in [-0.1, -0.05) is 0 Å². The fourth-order valence-electron chi connectivity index (χ4n) is 2.37. The van der Waals surface area contributed by atoms with E-state index in [-0.39, 0.29) is 0 Å². The molecule has 0 unspecified atom stereocenters. The molecule has 0 radical (unpaired) electrons. The maximum Gasteiger partial charge on any atom is 0.126 e. The van der Waals surface area contributed by atoms with Crippen LogP contribution < -0.4 is 11.1 Å². The van der Waals surface area contributed by atoms with E-state index in [2.05, 4.69) is 20.5 Å². The molecule has 0 fully saturated rings. The average Bonchev–Trinajstić information content (AvgIpc) is 2.89. The van der Waals surface area contributed by atoms with Gasteiger partial charge in [-0.15, -0.1) is 0 Å². The van der Waals surface area contributed by atoms with Crippen LogP contribution in [0.25, 0.3) is 10.9 Å². The standard InChI is InChI=1S/C16H19N5/c1-11-13(10-19-21-11)3-2-8-18-16-7-4-12-9-14(17)5-6-15(12)20-16/h4-7,9-10H,2-3,8,17H2,1H3,(H,18,20)(H,19,21). The first-order valence-corrected chi connectivity index (χ1v) is 7.11. The third kappa shape index (κ3) is 3.13. The number of hydrogen-bond donors (Lipinski definition) is 3. The number of nitrogens with one attached hydrogen (secondary N) is 2. The maximum absolute atomic E-state index is 5.77.